The molecule has 2 aliphatic rings. The molecule has 4 heteroatoms. The van der Waals surface area contributed by atoms with Crippen LogP contribution in [0.15, 0.2) is 18.2 Å². The molecule has 0 unspecified atom stereocenters. The fraction of sp³-hybridized carbons (Fsp3) is 0.647. The van der Waals surface area contributed by atoms with E-state index in [2.05, 4.69) is 34.2 Å². The molecule has 0 aromatic heterocycles. The summed E-state index contributed by atoms with van der Waals surface area (Å²) in [6.45, 7) is 10.00. The Morgan fingerprint density at radius 3 is 2.62 bits per heavy atom. The van der Waals surface area contributed by atoms with E-state index in [1.807, 2.05) is 6.07 Å². The molecule has 1 saturated carbocycles. The molecule has 1 aliphatic heterocycles. The van der Waals surface area contributed by atoms with Crippen molar-refractivity contribution >= 4 is 17.3 Å². The molecule has 1 heterocycles. The van der Waals surface area contributed by atoms with Crippen molar-refractivity contribution in [2.75, 3.05) is 44.2 Å². The van der Waals surface area contributed by atoms with Gasteiger partial charge in [-0.05, 0) is 49.1 Å². The van der Waals surface area contributed by atoms with E-state index in [4.69, 9.17) is 11.6 Å². The number of halogens is 1. The van der Waals surface area contributed by atoms with Crippen LogP contribution in [0.25, 0.3) is 0 Å². The zero-order chi connectivity index (χ0) is 14.7. The van der Waals surface area contributed by atoms with Crippen LogP contribution < -0.4 is 10.2 Å². The van der Waals surface area contributed by atoms with E-state index in [9.17, 15) is 0 Å². The molecule has 1 N–H and O–H groups in total. The van der Waals surface area contributed by atoms with Crippen molar-refractivity contribution in [3.05, 3.63) is 28.8 Å². The summed E-state index contributed by atoms with van der Waals surface area (Å²) in [6.07, 6.45) is 2.90. The predicted octanol–water partition coefficient (Wildman–Crippen LogP) is 2.98. The van der Waals surface area contributed by atoms with Gasteiger partial charge < -0.3 is 10.2 Å². The van der Waals surface area contributed by atoms with E-state index in [-0.39, 0.29) is 0 Å². The molecule has 1 saturated heterocycles. The van der Waals surface area contributed by atoms with Gasteiger partial charge in [-0.15, -0.1) is 0 Å². The highest BCUT2D eigenvalue weighted by Gasteiger charge is 2.26. The second-order valence-corrected chi connectivity index (χ2v) is 6.72. The monoisotopic (exact) mass is 307 g/mol. The van der Waals surface area contributed by atoms with Crippen LogP contribution in [0, 0.1) is 5.92 Å². The van der Waals surface area contributed by atoms with E-state index in [1.165, 1.54) is 43.7 Å². The minimum Gasteiger partial charge on any atom is -0.369 e. The lowest BCUT2D eigenvalue weighted by Gasteiger charge is -2.37. The van der Waals surface area contributed by atoms with Gasteiger partial charge in [0.1, 0.15) is 0 Å². The summed E-state index contributed by atoms with van der Waals surface area (Å²) in [5.41, 5.74) is 2.67. The number of hydrogen-bond donors (Lipinski definition) is 1. The maximum atomic E-state index is 6.17. The first kappa shape index (κ1) is 15.1. The van der Waals surface area contributed by atoms with Gasteiger partial charge in [-0.2, -0.15) is 0 Å². The minimum absolute atomic E-state index is 0.832. The Hall–Kier alpha value is -0.770. The molecule has 21 heavy (non-hydrogen) atoms. The van der Waals surface area contributed by atoms with Gasteiger partial charge in [-0.25, -0.2) is 0 Å². The van der Waals surface area contributed by atoms with Gasteiger partial charge in [0.25, 0.3) is 0 Å². The Morgan fingerprint density at radius 2 is 1.95 bits per heavy atom. The quantitative estimate of drug-likeness (QED) is 0.871. The van der Waals surface area contributed by atoms with E-state index >= 15 is 0 Å². The zero-order valence-electron chi connectivity index (χ0n) is 12.9. The fourth-order valence-corrected chi connectivity index (χ4v) is 3.30. The van der Waals surface area contributed by atoms with Gasteiger partial charge in [0.15, 0.2) is 0 Å². The summed E-state index contributed by atoms with van der Waals surface area (Å²) in [6, 6.07) is 6.31. The first-order chi connectivity index (χ1) is 10.3. The van der Waals surface area contributed by atoms with Crippen LogP contribution in [0.3, 0.4) is 0 Å². The molecule has 3 nitrogen and oxygen atoms in total. The van der Waals surface area contributed by atoms with Gasteiger partial charge in [0.2, 0.25) is 0 Å². The van der Waals surface area contributed by atoms with Crippen molar-refractivity contribution < 1.29 is 0 Å². The SMILES string of the molecule is CCNCc1cc(Cl)ccc1N1CCN(CC2CC2)CC1. The minimum atomic E-state index is 0.832. The first-order valence-corrected chi connectivity index (χ1v) is 8.60. The number of piperazine rings is 1. The van der Waals surface area contributed by atoms with E-state index in [0.717, 1.165) is 37.1 Å². The Morgan fingerprint density at radius 1 is 1.19 bits per heavy atom. The van der Waals surface area contributed by atoms with Crippen molar-refractivity contribution in [2.24, 2.45) is 5.92 Å². The molecule has 0 bridgehead atoms. The maximum Gasteiger partial charge on any atom is 0.0413 e. The van der Waals surface area contributed by atoms with Gasteiger partial charge in [0.05, 0.1) is 0 Å². The second-order valence-electron chi connectivity index (χ2n) is 6.28. The number of benzene rings is 1. The predicted molar refractivity (Wildman–Crippen MR) is 90.2 cm³/mol. The highest BCUT2D eigenvalue weighted by atomic mass is 35.5. The second kappa shape index (κ2) is 6.99. The summed E-state index contributed by atoms with van der Waals surface area (Å²) in [5.74, 6) is 0.997. The van der Waals surface area contributed by atoms with E-state index < -0.39 is 0 Å². The molecule has 116 valence electrons. The highest BCUT2D eigenvalue weighted by Crippen LogP contribution is 2.31. The Bertz CT molecular complexity index is 465. The molecule has 0 radical (unpaired) electrons. The third-order valence-electron chi connectivity index (χ3n) is 4.53. The molecule has 3 rings (SSSR count). The summed E-state index contributed by atoms with van der Waals surface area (Å²) < 4.78 is 0. The lowest BCUT2D eigenvalue weighted by molar-refractivity contribution is 0.248. The third kappa shape index (κ3) is 4.12. The van der Waals surface area contributed by atoms with Crippen LogP contribution >= 0.6 is 11.6 Å². The third-order valence-corrected chi connectivity index (χ3v) is 4.77. The van der Waals surface area contributed by atoms with Crippen molar-refractivity contribution in [1.29, 1.82) is 0 Å². The normalized spacial score (nSPS) is 20.0. The Balaban J connectivity index is 1.63. The highest BCUT2D eigenvalue weighted by molar-refractivity contribution is 6.30. The topological polar surface area (TPSA) is 18.5 Å². The van der Waals surface area contributed by atoms with Crippen LogP contribution in [-0.2, 0) is 6.54 Å². The summed E-state index contributed by atoms with van der Waals surface area (Å²) in [7, 11) is 0. The van der Waals surface area contributed by atoms with Crippen LogP contribution in [0.4, 0.5) is 5.69 Å². The molecule has 0 atom stereocenters. The van der Waals surface area contributed by atoms with Crippen molar-refractivity contribution in [2.45, 2.75) is 26.3 Å². The molecule has 1 aromatic rings. The standard InChI is InChI=1S/C17H26ClN3/c1-2-19-12-15-11-16(18)5-6-17(15)21-9-7-20(8-10-21)13-14-3-4-14/h5-6,11,14,19H,2-4,7-10,12-13H2,1H3. The fourth-order valence-electron chi connectivity index (χ4n) is 3.10. The van der Waals surface area contributed by atoms with Crippen molar-refractivity contribution in [3.63, 3.8) is 0 Å². The Labute approximate surface area is 133 Å². The molecule has 2 fully saturated rings. The van der Waals surface area contributed by atoms with Crippen molar-refractivity contribution in [1.82, 2.24) is 10.2 Å². The summed E-state index contributed by atoms with van der Waals surface area (Å²) in [4.78, 5) is 5.15. The van der Waals surface area contributed by atoms with Gasteiger partial charge >= 0.3 is 0 Å². The first-order valence-electron chi connectivity index (χ1n) is 8.22. The summed E-state index contributed by atoms with van der Waals surface area (Å²) in [5, 5.41) is 4.25. The Kier molecular flexibility index (Phi) is 5.04. The van der Waals surface area contributed by atoms with Crippen LogP contribution in [0.1, 0.15) is 25.3 Å². The largest absolute Gasteiger partial charge is 0.369 e. The van der Waals surface area contributed by atoms with Gasteiger partial charge in [-0.1, -0.05) is 18.5 Å². The molecular formula is C17H26ClN3. The average Bonchev–Trinajstić information content (AvgIpc) is 3.30. The molecule has 0 spiro atoms. The average molecular weight is 308 g/mol. The summed E-state index contributed by atoms with van der Waals surface area (Å²) >= 11 is 6.17. The van der Waals surface area contributed by atoms with Gasteiger partial charge in [0, 0.05) is 50.0 Å². The lowest BCUT2D eigenvalue weighted by atomic mass is 10.1. The van der Waals surface area contributed by atoms with E-state index in [0.29, 0.717) is 0 Å². The number of nitrogens with one attached hydrogen (secondary N) is 1. The van der Waals surface area contributed by atoms with Crippen molar-refractivity contribution in [3.8, 4) is 0 Å². The van der Waals surface area contributed by atoms with Crippen LogP contribution in [-0.4, -0.2) is 44.2 Å². The number of rotatable bonds is 6. The van der Waals surface area contributed by atoms with Crippen LogP contribution in [0.5, 0.6) is 0 Å². The number of anilines is 1. The molecule has 0 amide bonds. The smallest absolute Gasteiger partial charge is 0.0413 e. The maximum absolute atomic E-state index is 6.17. The lowest BCUT2D eigenvalue weighted by Crippen LogP contribution is -2.47. The number of nitrogens with zero attached hydrogens (tertiary/aromatic N) is 2. The molecule has 1 aliphatic carbocycles. The van der Waals surface area contributed by atoms with E-state index in [1.54, 1.807) is 0 Å². The molecule has 1 aromatic carbocycles. The molecular weight excluding hydrogens is 282 g/mol. The number of hydrogen-bond acceptors (Lipinski definition) is 3. The zero-order valence-corrected chi connectivity index (χ0v) is 13.7. The van der Waals surface area contributed by atoms with Gasteiger partial charge in [-0.3, -0.25) is 4.90 Å². The van der Waals surface area contributed by atoms with Crippen LogP contribution in [0.2, 0.25) is 5.02 Å².